The molecule has 3 aromatic rings. The Hall–Kier alpha value is -2.26. The molecule has 0 aliphatic rings. The topological polar surface area (TPSA) is 73.1 Å². The maximum absolute atomic E-state index is 12.5. The minimum Gasteiger partial charge on any atom is -0.411 e. The second-order valence-corrected chi connectivity index (χ2v) is 8.83. The number of sulfone groups is 1. The molecule has 5 nitrogen and oxygen atoms in total. The lowest BCUT2D eigenvalue weighted by atomic mass is 10.1. The molecule has 142 valence electrons. The first-order valence-electron chi connectivity index (χ1n) is 7.91. The van der Waals surface area contributed by atoms with Crippen molar-refractivity contribution in [2.24, 2.45) is 0 Å². The van der Waals surface area contributed by atoms with Gasteiger partial charge in [-0.3, -0.25) is 0 Å². The van der Waals surface area contributed by atoms with E-state index in [0.717, 1.165) is 22.3 Å². The number of aryl methyl sites for hydroxylation is 2. The van der Waals surface area contributed by atoms with Gasteiger partial charge in [0.15, 0.2) is 0 Å². The van der Waals surface area contributed by atoms with Crippen LogP contribution in [0.5, 0.6) is 0 Å². The van der Waals surface area contributed by atoms with Crippen LogP contribution in [0.15, 0.2) is 57.0 Å². The van der Waals surface area contributed by atoms with Crippen LogP contribution >= 0.6 is 11.8 Å². The van der Waals surface area contributed by atoms with E-state index in [1.54, 1.807) is 0 Å². The summed E-state index contributed by atoms with van der Waals surface area (Å²) in [5.41, 5.74) is 3.78. The van der Waals surface area contributed by atoms with Crippen LogP contribution in [0.4, 0.5) is 8.78 Å². The lowest BCUT2D eigenvalue weighted by molar-refractivity contribution is 0.234. The molecule has 2 aromatic carbocycles. The molecule has 0 fully saturated rings. The number of hydrogen-bond donors (Lipinski definition) is 0. The van der Waals surface area contributed by atoms with Gasteiger partial charge in [-0.15, -0.1) is 10.2 Å². The third-order valence-electron chi connectivity index (χ3n) is 3.72. The minimum atomic E-state index is -4.58. The summed E-state index contributed by atoms with van der Waals surface area (Å²) in [5, 5.41) is 8.41. The number of alkyl halides is 2. The van der Waals surface area contributed by atoms with E-state index in [4.69, 9.17) is 4.42 Å². The largest absolute Gasteiger partial charge is 0.411 e. The zero-order valence-electron chi connectivity index (χ0n) is 14.5. The van der Waals surface area contributed by atoms with Gasteiger partial charge in [0, 0.05) is 11.3 Å². The van der Waals surface area contributed by atoms with E-state index in [9.17, 15) is 17.2 Å². The van der Waals surface area contributed by atoms with Gasteiger partial charge in [-0.1, -0.05) is 41.1 Å². The van der Waals surface area contributed by atoms with Crippen molar-refractivity contribution >= 4 is 21.6 Å². The predicted molar refractivity (Wildman–Crippen MR) is 98.4 cm³/mol. The molecule has 3 rings (SSSR count). The van der Waals surface area contributed by atoms with Crippen molar-refractivity contribution in [2.75, 3.05) is 0 Å². The molecule has 9 heteroatoms. The van der Waals surface area contributed by atoms with Crippen molar-refractivity contribution < 1.29 is 21.6 Å². The molecular formula is C18H16F2N2O3S2. The van der Waals surface area contributed by atoms with E-state index in [0.29, 0.717) is 16.9 Å². The number of halogens is 2. The molecule has 0 radical (unpaired) electrons. The monoisotopic (exact) mass is 410 g/mol. The van der Waals surface area contributed by atoms with Crippen LogP contribution < -0.4 is 0 Å². The fourth-order valence-electron chi connectivity index (χ4n) is 2.51. The Bertz CT molecular complexity index is 1030. The second-order valence-electron chi connectivity index (χ2n) is 5.99. The van der Waals surface area contributed by atoms with Crippen molar-refractivity contribution in [2.45, 2.75) is 35.5 Å². The first-order chi connectivity index (χ1) is 12.8. The number of rotatable bonds is 6. The molecule has 0 atom stereocenters. The van der Waals surface area contributed by atoms with Crippen molar-refractivity contribution in [3.63, 3.8) is 0 Å². The fourth-order valence-corrected chi connectivity index (χ4v) is 3.95. The summed E-state index contributed by atoms with van der Waals surface area (Å²) in [6.45, 7) is 3.97. The van der Waals surface area contributed by atoms with E-state index >= 15 is 0 Å². The van der Waals surface area contributed by atoms with Crippen molar-refractivity contribution in [3.8, 4) is 11.5 Å². The van der Waals surface area contributed by atoms with Gasteiger partial charge in [0.2, 0.25) is 15.7 Å². The molecular weight excluding hydrogens is 394 g/mol. The molecule has 0 unspecified atom stereocenters. The number of aromatic nitrogens is 2. The van der Waals surface area contributed by atoms with E-state index < -0.39 is 20.5 Å². The van der Waals surface area contributed by atoms with E-state index in [2.05, 4.69) is 10.2 Å². The molecule has 0 bridgehead atoms. The first kappa shape index (κ1) is 19.5. The SMILES string of the molecule is Cc1cc(C)cc(-c2nnc(SCc3ccc(S(=O)(=O)C(F)F)cc3)o2)c1. The van der Waals surface area contributed by atoms with Gasteiger partial charge in [0.25, 0.3) is 5.22 Å². The molecule has 0 spiro atoms. The Balaban J connectivity index is 1.68. The molecule has 0 aliphatic carbocycles. The van der Waals surface area contributed by atoms with Crippen molar-refractivity contribution in [1.29, 1.82) is 0 Å². The summed E-state index contributed by atoms with van der Waals surface area (Å²) in [4.78, 5) is -0.402. The van der Waals surface area contributed by atoms with Crippen LogP contribution in [0.1, 0.15) is 16.7 Å². The zero-order valence-corrected chi connectivity index (χ0v) is 16.2. The zero-order chi connectivity index (χ0) is 19.6. The Labute approximate surface area is 159 Å². The molecule has 0 amide bonds. The lowest BCUT2D eigenvalue weighted by Crippen LogP contribution is -2.11. The molecule has 1 aromatic heterocycles. The van der Waals surface area contributed by atoms with E-state index in [1.165, 1.54) is 36.0 Å². The summed E-state index contributed by atoms with van der Waals surface area (Å²) in [6, 6.07) is 11.3. The van der Waals surface area contributed by atoms with Gasteiger partial charge in [-0.2, -0.15) is 8.78 Å². The highest BCUT2D eigenvalue weighted by atomic mass is 32.2. The molecule has 0 saturated heterocycles. The summed E-state index contributed by atoms with van der Waals surface area (Å²) in [7, 11) is -4.58. The summed E-state index contributed by atoms with van der Waals surface area (Å²) in [5.74, 6) is -2.58. The van der Waals surface area contributed by atoms with Gasteiger partial charge in [0.05, 0.1) is 4.90 Å². The van der Waals surface area contributed by atoms with E-state index in [1.807, 2.05) is 32.0 Å². The highest BCUT2D eigenvalue weighted by Gasteiger charge is 2.26. The number of hydrogen-bond acceptors (Lipinski definition) is 6. The summed E-state index contributed by atoms with van der Waals surface area (Å²) < 4.78 is 53.6. The summed E-state index contributed by atoms with van der Waals surface area (Å²) >= 11 is 1.28. The highest BCUT2D eigenvalue weighted by Crippen LogP contribution is 2.27. The van der Waals surface area contributed by atoms with Crippen LogP contribution in [0.2, 0.25) is 0 Å². The Kier molecular flexibility index (Phi) is 5.61. The van der Waals surface area contributed by atoms with E-state index in [-0.39, 0.29) is 0 Å². The van der Waals surface area contributed by atoms with Gasteiger partial charge in [-0.25, -0.2) is 8.42 Å². The maximum Gasteiger partial charge on any atom is 0.341 e. The standard InChI is InChI=1S/C18H16F2N2O3S2/c1-11-7-12(2)9-14(8-11)16-21-22-18(25-16)26-10-13-3-5-15(6-4-13)27(23,24)17(19)20/h3-9,17H,10H2,1-2H3. The average molecular weight is 410 g/mol. The van der Waals surface area contributed by atoms with Crippen LogP contribution in [-0.2, 0) is 15.6 Å². The average Bonchev–Trinajstić information content (AvgIpc) is 3.08. The minimum absolute atomic E-state index is 0.369. The van der Waals surface area contributed by atoms with Crippen LogP contribution in [-0.4, -0.2) is 24.4 Å². The van der Waals surface area contributed by atoms with Gasteiger partial charge in [-0.05, 0) is 43.7 Å². The Morgan fingerprint density at radius 3 is 2.26 bits per heavy atom. The third-order valence-corrected chi connectivity index (χ3v) is 6.01. The lowest BCUT2D eigenvalue weighted by Gasteiger charge is -2.04. The third kappa shape index (κ3) is 4.54. The van der Waals surface area contributed by atoms with Crippen LogP contribution in [0, 0.1) is 13.8 Å². The van der Waals surface area contributed by atoms with Crippen LogP contribution in [0.25, 0.3) is 11.5 Å². The first-order valence-corrected chi connectivity index (χ1v) is 10.4. The fraction of sp³-hybridized carbons (Fsp3) is 0.222. The quantitative estimate of drug-likeness (QED) is 0.551. The van der Waals surface area contributed by atoms with Crippen LogP contribution in [0.3, 0.4) is 0 Å². The van der Waals surface area contributed by atoms with Crippen molar-refractivity contribution in [1.82, 2.24) is 10.2 Å². The van der Waals surface area contributed by atoms with Gasteiger partial charge < -0.3 is 4.42 Å². The smallest absolute Gasteiger partial charge is 0.341 e. The number of benzene rings is 2. The molecule has 0 N–H and O–H groups in total. The second kappa shape index (κ2) is 7.77. The predicted octanol–water partition coefficient (Wildman–Crippen LogP) is 4.64. The molecule has 1 heterocycles. The number of nitrogens with zero attached hydrogens (tertiary/aromatic N) is 2. The Morgan fingerprint density at radius 1 is 1.04 bits per heavy atom. The highest BCUT2D eigenvalue weighted by molar-refractivity contribution is 7.98. The van der Waals surface area contributed by atoms with Gasteiger partial charge >= 0.3 is 5.76 Å². The van der Waals surface area contributed by atoms with Gasteiger partial charge in [0.1, 0.15) is 0 Å². The molecule has 27 heavy (non-hydrogen) atoms. The maximum atomic E-state index is 12.5. The van der Waals surface area contributed by atoms with Crippen molar-refractivity contribution in [3.05, 3.63) is 59.2 Å². The number of thioether (sulfide) groups is 1. The normalized spacial score (nSPS) is 11.9. The Morgan fingerprint density at radius 2 is 1.67 bits per heavy atom. The molecule has 0 saturated carbocycles. The summed E-state index contributed by atoms with van der Waals surface area (Å²) in [6.07, 6.45) is 0. The molecule has 0 aliphatic heterocycles.